The Morgan fingerprint density at radius 2 is 1.88 bits per heavy atom. The smallest absolute Gasteiger partial charge is 0.241 e. The molecule has 5 nitrogen and oxygen atoms in total. The van der Waals surface area contributed by atoms with Crippen LogP contribution in [0.2, 0.25) is 5.02 Å². The molecule has 1 heterocycles. The maximum atomic E-state index is 12.4. The summed E-state index contributed by atoms with van der Waals surface area (Å²) in [6.45, 7) is 2.80. The fraction of sp³-hybridized carbons (Fsp3) is 0.474. The molecule has 0 amide bonds. The highest BCUT2D eigenvalue weighted by molar-refractivity contribution is 7.89. The fourth-order valence-corrected chi connectivity index (χ4v) is 3.67. The van der Waals surface area contributed by atoms with E-state index in [9.17, 15) is 8.42 Å². The van der Waals surface area contributed by atoms with Crippen LogP contribution < -0.4 is 9.46 Å². The molecule has 0 unspecified atom stereocenters. The maximum absolute atomic E-state index is 12.4. The highest BCUT2D eigenvalue weighted by Crippen LogP contribution is 2.28. The van der Waals surface area contributed by atoms with Crippen LogP contribution in [0, 0.1) is 0 Å². The van der Waals surface area contributed by atoms with Crippen molar-refractivity contribution in [3.8, 4) is 5.75 Å². The third-order valence-corrected chi connectivity index (χ3v) is 5.70. The Kier molecular flexibility index (Phi) is 8.48. The number of benzene rings is 1. The Morgan fingerprint density at radius 3 is 2.62 bits per heavy atom. The van der Waals surface area contributed by atoms with E-state index < -0.39 is 10.0 Å². The highest BCUT2D eigenvalue weighted by Gasteiger charge is 2.16. The van der Waals surface area contributed by atoms with Gasteiger partial charge in [-0.25, -0.2) is 13.1 Å². The lowest BCUT2D eigenvalue weighted by Crippen LogP contribution is -2.23. The van der Waals surface area contributed by atoms with Crippen LogP contribution in [0.25, 0.3) is 0 Å². The molecule has 2 aromatic rings. The number of unbranched alkanes of at least 4 members (excludes halogenated alkanes) is 5. The standard InChI is InChI=1S/C19H26ClNO4S/c1-2-3-4-5-6-7-12-25-19-14-17(10-11-18(19)20)26(22,23)21-15-16-9-8-13-24-16/h8-11,13-14,21H,2-7,12,15H2,1H3. The van der Waals surface area contributed by atoms with E-state index in [1.54, 1.807) is 18.2 Å². The van der Waals surface area contributed by atoms with Gasteiger partial charge in [-0.3, -0.25) is 0 Å². The summed E-state index contributed by atoms with van der Waals surface area (Å²) < 4.78 is 38.2. The van der Waals surface area contributed by atoms with E-state index in [0.29, 0.717) is 23.1 Å². The third-order valence-electron chi connectivity index (χ3n) is 3.98. The van der Waals surface area contributed by atoms with Crippen molar-refractivity contribution in [3.63, 3.8) is 0 Å². The molecular formula is C19H26ClNO4S. The average molecular weight is 400 g/mol. The van der Waals surface area contributed by atoms with Gasteiger partial charge in [0.25, 0.3) is 0 Å². The van der Waals surface area contributed by atoms with E-state index >= 15 is 0 Å². The minimum absolute atomic E-state index is 0.0892. The molecule has 0 saturated heterocycles. The van der Waals surface area contributed by atoms with Gasteiger partial charge in [0.1, 0.15) is 11.5 Å². The summed E-state index contributed by atoms with van der Waals surface area (Å²) >= 11 is 6.13. The van der Waals surface area contributed by atoms with E-state index in [1.165, 1.54) is 44.1 Å². The summed E-state index contributed by atoms with van der Waals surface area (Å²) in [5.41, 5.74) is 0. The van der Waals surface area contributed by atoms with Crippen LogP contribution in [-0.2, 0) is 16.6 Å². The van der Waals surface area contributed by atoms with Gasteiger partial charge in [-0.15, -0.1) is 0 Å². The molecule has 0 aliphatic carbocycles. The molecule has 0 aliphatic heterocycles. The summed E-state index contributed by atoms with van der Waals surface area (Å²) in [4.78, 5) is 0.117. The van der Waals surface area contributed by atoms with Gasteiger partial charge >= 0.3 is 0 Å². The first-order chi connectivity index (χ1) is 12.5. The van der Waals surface area contributed by atoms with Gasteiger partial charge in [-0.05, 0) is 30.7 Å². The second-order valence-electron chi connectivity index (χ2n) is 6.11. The zero-order valence-corrected chi connectivity index (χ0v) is 16.6. The van der Waals surface area contributed by atoms with Gasteiger partial charge in [0.05, 0.1) is 29.3 Å². The van der Waals surface area contributed by atoms with Crippen molar-refractivity contribution in [3.05, 3.63) is 47.4 Å². The molecule has 1 N–H and O–H groups in total. The van der Waals surface area contributed by atoms with Crippen LogP contribution in [0.3, 0.4) is 0 Å². The first-order valence-corrected chi connectivity index (χ1v) is 10.8. The van der Waals surface area contributed by atoms with Crippen molar-refractivity contribution in [1.82, 2.24) is 4.72 Å². The molecule has 0 radical (unpaired) electrons. The summed E-state index contributed by atoms with van der Waals surface area (Å²) in [5, 5.41) is 0.404. The van der Waals surface area contributed by atoms with E-state index in [1.807, 2.05) is 0 Å². The highest BCUT2D eigenvalue weighted by atomic mass is 35.5. The number of hydrogen-bond acceptors (Lipinski definition) is 4. The van der Waals surface area contributed by atoms with Crippen LogP contribution in [-0.4, -0.2) is 15.0 Å². The lowest BCUT2D eigenvalue weighted by molar-refractivity contribution is 0.304. The van der Waals surface area contributed by atoms with Gasteiger partial charge in [-0.1, -0.05) is 50.6 Å². The molecule has 0 fully saturated rings. The zero-order chi connectivity index (χ0) is 18.8. The van der Waals surface area contributed by atoms with Gasteiger partial charge in [0.2, 0.25) is 10.0 Å². The van der Waals surface area contributed by atoms with Crippen molar-refractivity contribution >= 4 is 21.6 Å². The first kappa shape index (κ1) is 20.8. The zero-order valence-electron chi connectivity index (χ0n) is 15.0. The summed E-state index contributed by atoms with van der Waals surface area (Å²) in [6.07, 6.45) is 8.44. The number of ether oxygens (including phenoxy) is 1. The predicted molar refractivity (Wildman–Crippen MR) is 103 cm³/mol. The predicted octanol–water partition coefficient (Wildman–Crippen LogP) is 5.15. The fourth-order valence-electron chi connectivity index (χ4n) is 2.49. The number of halogens is 1. The van der Waals surface area contributed by atoms with E-state index in [0.717, 1.165) is 12.8 Å². The van der Waals surface area contributed by atoms with Crippen LogP contribution in [0.5, 0.6) is 5.75 Å². The largest absolute Gasteiger partial charge is 0.492 e. The summed E-state index contributed by atoms with van der Waals surface area (Å²) in [6, 6.07) is 7.88. The van der Waals surface area contributed by atoms with Crippen LogP contribution >= 0.6 is 11.6 Å². The topological polar surface area (TPSA) is 68.5 Å². The molecule has 7 heteroatoms. The van der Waals surface area contributed by atoms with E-state index in [-0.39, 0.29) is 11.4 Å². The monoisotopic (exact) mass is 399 g/mol. The molecule has 1 aromatic heterocycles. The third kappa shape index (κ3) is 6.67. The second-order valence-corrected chi connectivity index (χ2v) is 8.29. The average Bonchev–Trinajstić information content (AvgIpc) is 3.14. The minimum Gasteiger partial charge on any atom is -0.492 e. The second kappa shape index (κ2) is 10.6. The number of rotatable bonds is 12. The van der Waals surface area contributed by atoms with Crippen LogP contribution in [0.1, 0.15) is 51.2 Å². The molecule has 0 aliphatic rings. The minimum atomic E-state index is -3.67. The Labute approximate surface area is 160 Å². The molecule has 144 valence electrons. The SMILES string of the molecule is CCCCCCCCOc1cc(S(=O)(=O)NCc2ccco2)ccc1Cl. The molecule has 2 rings (SSSR count). The van der Waals surface area contributed by atoms with Gasteiger partial charge < -0.3 is 9.15 Å². The Hall–Kier alpha value is -1.50. The Balaban J connectivity index is 1.89. The van der Waals surface area contributed by atoms with Crippen LogP contribution in [0.4, 0.5) is 0 Å². The van der Waals surface area contributed by atoms with E-state index in [4.69, 9.17) is 20.8 Å². The number of sulfonamides is 1. The molecule has 1 aromatic carbocycles. The molecule has 0 spiro atoms. The Bertz CT molecular complexity index is 760. The summed E-state index contributed by atoms with van der Waals surface area (Å²) in [5.74, 6) is 0.934. The van der Waals surface area contributed by atoms with Crippen LogP contribution in [0.15, 0.2) is 45.9 Å². The first-order valence-electron chi connectivity index (χ1n) is 8.97. The van der Waals surface area contributed by atoms with Gasteiger partial charge in [-0.2, -0.15) is 0 Å². The molecular weight excluding hydrogens is 374 g/mol. The normalized spacial score (nSPS) is 11.6. The van der Waals surface area contributed by atoms with Crippen molar-refractivity contribution in [1.29, 1.82) is 0 Å². The maximum Gasteiger partial charge on any atom is 0.241 e. The molecule has 26 heavy (non-hydrogen) atoms. The molecule has 0 atom stereocenters. The quantitative estimate of drug-likeness (QED) is 0.501. The van der Waals surface area contributed by atoms with Crippen molar-refractivity contribution in [2.75, 3.05) is 6.61 Å². The number of furan rings is 1. The summed E-state index contributed by atoms with van der Waals surface area (Å²) in [7, 11) is -3.67. The van der Waals surface area contributed by atoms with Gasteiger partial charge in [0, 0.05) is 6.07 Å². The lowest BCUT2D eigenvalue weighted by Gasteiger charge is -2.11. The Morgan fingerprint density at radius 1 is 1.12 bits per heavy atom. The van der Waals surface area contributed by atoms with Crippen molar-refractivity contribution in [2.45, 2.75) is 56.9 Å². The molecule has 0 bridgehead atoms. The van der Waals surface area contributed by atoms with Crippen molar-refractivity contribution < 1.29 is 17.6 Å². The molecule has 0 saturated carbocycles. The van der Waals surface area contributed by atoms with Gasteiger partial charge in [0.15, 0.2) is 0 Å². The number of nitrogens with one attached hydrogen (secondary N) is 1. The number of hydrogen-bond donors (Lipinski definition) is 1. The van der Waals surface area contributed by atoms with E-state index in [2.05, 4.69) is 11.6 Å². The van der Waals surface area contributed by atoms with Crippen molar-refractivity contribution in [2.24, 2.45) is 0 Å². The lowest BCUT2D eigenvalue weighted by atomic mass is 10.1.